The zero-order valence-corrected chi connectivity index (χ0v) is 11.5. The molecule has 1 atom stereocenters. The third kappa shape index (κ3) is 3.12. The Morgan fingerprint density at radius 3 is 2.95 bits per heavy atom. The van der Waals surface area contributed by atoms with Crippen molar-refractivity contribution >= 4 is 22.7 Å². The van der Waals surface area contributed by atoms with Crippen LogP contribution in [0.4, 0.5) is 5.69 Å². The first-order valence-electron chi connectivity index (χ1n) is 6.36. The van der Waals surface area contributed by atoms with Gasteiger partial charge in [-0.3, -0.25) is 4.79 Å². The first-order valence-corrected chi connectivity index (χ1v) is 6.36. The van der Waals surface area contributed by atoms with Gasteiger partial charge in [0.2, 0.25) is 5.91 Å². The van der Waals surface area contributed by atoms with E-state index >= 15 is 0 Å². The van der Waals surface area contributed by atoms with Crippen LogP contribution in [0.5, 0.6) is 0 Å². The number of rotatable bonds is 4. The Morgan fingerprint density at radius 1 is 1.53 bits per heavy atom. The molecule has 0 spiro atoms. The lowest BCUT2D eigenvalue weighted by molar-refractivity contribution is -0.118. The summed E-state index contributed by atoms with van der Waals surface area (Å²) in [4.78, 5) is 17.9. The summed E-state index contributed by atoms with van der Waals surface area (Å²) in [6.07, 6.45) is 1.14. The van der Waals surface area contributed by atoms with Gasteiger partial charge in [0.25, 0.3) is 0 Å². The van der Waals surface area contributed by atoms with Crippen LogP contribution in [-0.4, -0.2) is 24.0 Å². The molecule has 1 heterocycles. The van der Waals surface area contributed by atoms with Crippen LogP contribution >= 0.6 is 0 Å². The summed E-state index contributed by atoms with van der Waals surface area (Å²) in [5.41, 5.74) is 7.98. The Balaban J connectivity index is 2.16. The van der Waals surface area contributed by atoms with Crippen LogP contribution in [0.1, 0.15) is 25.7 Å². The minimum Gasteiger partial charge on any atom is -0.441 e. The molecule has 0 aliphatic carbocycles. The molecule has 0 radical (unpaired) electrons. The molecular weight excluding hydrogens is 242 g/mol. The average molecular weight is 261 g/mol. The Labute approximate surface area is 112 Å². The van der Waals surface area contributed by atoms with E-state index in [1.165, 1.54) is 0 Å². The molecule has 0 fully saturated rings. The van der Waals surface area contributed by atoms with Gasteiger partial charge in [-0.2, -0.15) is 0 Å². The average Bonchev–Trinajstić information content (AvgIpc) is 2.73. The summed E-state index contributed by atoms with van der Waals surface area (Å²) >= 11 is 0. The topological polar surface area (TPSA) is 72.4 Å². The number of oxazole rings is 1. The van der Waals surface area contributed by atoms with Gasteiger partial charge in [0, 0.05) is 32.1 Å². The zero-order valence-electron chi connectivity index (χ0n) is 11.5. The van der Waals surface area contributed by atoms with Crippen LogP contribution in [0.15, 0.2) is 22.6 Å². The van der Waals surface area contributed by atoms with Crippen LogP contribution in [0, 0.1) is 6.92 Å². The highest BCUT2D eigenvalue weighted by Crippen LogP contribution is 2.22. The number of carbonyl (C=O) groups excluding carboxylic acids is 1. The van der Waals surface area contributed by atoms with Crippen molar-refractivity contribution in [1.82, 2.24) is 4.98 Å². The molecule has 0 aliphatic rings. The molecule has 5 heteroatoms. The smallest absolute Gasteiger partial charge is 0.226 e. The largest absolute Gasteiger partial charge is 0.441 e. The van der Waals surface area contributed by atoms with Crippen molar-refractivity contribution in [2.75, 3.05) is 11.9 Å². The maximum atomic E-state index is 12.0. The number of anilines is 1. The van der Waals surface area contributed by atoms with Gasteiger partial charge in [0.1, 0.15) is 5.52 Å². The van der Waals surface area contributed by atoms with Crippen LogP contribution in [-0.2, 0) is 4.79 Å². The predicted molar refractivity (Wildman–Crippen MR) is 75.0 cm³/mol. The molecule has 19 heavy (non-hydrogen) atoms. The lowest BCUT2D eigenvalue weighted by atomic mass is 10.1. The van der Waals surface area contributed by atoms with Crippen LogP contribution in [0.2, 0.25) is 0 Å². The third-order valence-electron chi connectivity index (χ3n) is 3.05. The number of benzene rings is 1. The van der Waals surface area contributed by atoms with E-state index in [1.807, 2.05) is 25.1 Å². The Bertz CT molecular complexity index is 589. The van der Waals surface area contributed by atoms with Crippen LogP contribution < -0.4 is 10.6 Å². The molecule has 0 aliphatic heterocycles. The Hall–Kier alpha value is -1.88. The second kappa shape index (κ2) is 5.40. The van der Waals surface area contributed by atoms with Crippen LogP contribution in [0.3, 0.4) is 0 Å². The Morgan fingerprint density at radius 2 is 2.26 bits per heavy atom. The summed E-state index contributed by atoms with van der Waals surface area (Å²) < 4.78 is 5.41. The fraction of sp³-hybridized carbons (Fsp3) is 0.429. The number of fused-ring (bicyclic) bond motifs is 1. The molecular formula is C14H19N3O2. The predicted octanol–water partition coefficient (Wildman–Crippen LogP) is 2.23. The number of aromatic nitrogens is 1. The number of hydrogen-bond donors (Lipinski definition) is 1. The highest BCUT2D eigenvalue weighted by molar-refractivity contribution is 5.94. The summed E-state index contributed by atoms with van der Waals surface area (Å²) in [6.45, 7) is 3.70. The van der Waals surface area contributed by atoms with Crippen molar-refractivity contribution in [3.05, 3.63) is 24.1 Å². The minimum atomic E-state index is 0.0398. The highest BCUT2D eigenvalue weighted by Gasteiger charge is 2.13. The monoisotopic (exact) mass is 261 g/mol. The van der Waals surface area contributed by atoms with Crippen molar-refractivity contribution in [3.63, 3.8) is 0 Å². The van der Waals surface area contributed by atoms with E-state index in [0.29, 0.717) is 18.7 Å². The lowest BCUT2D eigenvalue weighted by Crippen LogP contribution is -2.28. The van der Waals surface area contributed by atoms with E-state index in [-0.39, 0.29) is 11.9 Å². The Kier molecular flexibility index (Phi) is 3.85. The molecule has 0 bridgehead atoms. The van der Waals surface area contributed by atoms with Crippen molar-refractivity contribution in [1.29, 1.82) is 0 Å². The number of hydrogen-bond acceptors (Lipinski definition) is 4. The molecule has 1 unspecified atom stereocenters. The third-order valence-corrected chi connectivity index (χ3v) is 3.05. The molecule has 0 saturated carbocycles. The first-order chi connectivity index (χ1) is 8.97. The van der Waals surface area contributed by atoms with Crippen molar-refractivity contribution in [2.24, 2.45) is 5.73 Å². The highest BCUT2D eigenvalue weighted by atomic mass is 16.3. The van der Waals surface area contributed by atoms with Crippen molar-refractivity contribution in [3.8, 4) is 0 Å². The summed E-state index contributed by atoms with van der Waals surface area (Å²) in [7, 11) is 1.76. The maximum Gasteiger partial charge on any atom is 0.226 e. The maximum absolute atomic E-state index is 12.0. The molecule has 2 aromatic rings. The molecule has 2 rings (SSSR count). The molecule has 1 amide bonds. The van der Waals surface area contributed by atoms with Crippen LogP contribution in [0.25, 0.3) is 11.1 Å². The van der Waals surface area contributed by atoms with Crippen molar-refractivity contribution in [2.45, 2.75) is 32.7 Å². The normalized spacial score (nSPS) is 12.6. The number of aryl methyl sites for hydroxylation is 1. The molecule has 1 aromatic carbocycles. The minimum absolute atomic E-state index is 0.0398. The fourth-order valence-electron chi connectivity index (χ4n) is 1.90. The molecule has 0 saturated heterocycles. The van der Waals surface area contributed by atoms with Gasteiger partial charge in [-0.1, -0.05) is 0 Å². The van der Waals surface area contributed by atoms with Gasteiger partial charge >= 0.3 is 0 Å². The van der Waals surface area contributed by atoms with Gasteiger partial charge in [0.15, 0.2) is 11.5 Å². The second-order valence-corrected chi connectivity index (χ2v) is 4.85. The SMILES string of the molecule is Cc1nc2cc(N(C)C(=O)CCC(C)N)ccc2o1. The quantitative estimate of drug-likeness (QED) is 0.916. The van der Waals surface area contributed by atoms with Gasteiger partial charge in [-0.15, -0.1) is 0 Å². The molecule has 5 nitrogen and oxygen atoms in total. The van der Waals surface area contributed by atoms with E-state index in [9.17, 15) is 4.79 Å². The van der Waals surface area contributed by atoms with E-state index in [2.05, 4.69) is 4.98 Å². The lowest BCUT2D eigenvalue weighted by Gasteiger charge is -2.17. The van der Waals surface area contributed by atoms with Gasteiger partial charge in [0.05, 0.1) is 0 Å². The first kappa shape index (κ1) is 13.5. The number of carbonyl (C=O) groups is 1. The fourth-order valence-corrected chi connectivity index (χ4v) is 1.90. The molecule has 2 N–H and O–H groups in total. The summed E-state index contributed by atoms with van der Waals surface area (Å²) in [5.74, 6) is 0.676. The van der Waals surface area contributed by atoms with E-state index in [1.54, 1.807) is 18.9 Å². The summed E-state index contributed by atoms with van der Waals surface area (Å²) in [5, 5.41) is 0. The number of nitrogens with two attached hydrogens (primary N) is 1. The molecule has 1 aromatic heterocycles. The van der Waals surface area contributed by atoms with Gasteiger partial charge < -0.3 is 15.1 Å². The van der Waals surface area contributed by atoms with Gasteiger partial charge in [-0.05, 0) is 31.5 Å². The van der Waals surface area contributed by atoms with E-state index < -0.39 is 0 Å². The van der Waals surface area contributed by atoms with Crippen molar-refractivity contribution < 1.29 is 9.21 Å². The number of amides is 1. The zero-order chi connectivity index (χ0) is 14.0. The van der Waals surface area contributed by atoms with E-state index in [0.717, 1.165) is 16.8 Å². The van der Waals surface area contributed by atoms with Gasteiger partial charge in [-0.25, -0.2) is 4.98 Å². The second-order valence-electron chi connectivity index (χ2n) is 4.85. The molecule has 102 valence electrons. The number of nitrogens with zero attached hydrogens (tertiary/aromatic N) is 2. The van der Waals surface area contributed by atoms with E-state index in [4.69, 9.17) is 10.2 Å². The summed E-state index contributed by atoms with van der Waals surface area (Å²) in [6, 6.07) is 5.59. The standard InChI is InChI=1S/C14H19N3O2/c1-9(15)4-7-14(18)17(3)11-5-6-13-12(8-11)16-10(2)19-13/h5-6,8-9H,4,7,15H2,1-3H3.